The standard InChI is InChI=1S/C7H9O2.Cu/c1-5-6(8)9-7(2,3)4;/h2-4H3;/q-1;+1. The Morgan fingerprint density at radius 1 is 1.50 bits per heavy atom. The molecule has 0 aliphatic rings. The summed E-state index contributed by atoms with van der Waals surface area (Å²) < 4.78 is 4.65. The Balaban J connectivity index is 0. The van der Waals surface area contributed by atoms with E-state index in [0.717, 1.165) is 0 Å². The SMILES string of the molecule is [C-]#CC(=O)OC(C)(C)C.[Cu+]. The largest absolute Gasteiger partial charge is 1.00 e. The molecule has 0 amide bonds. The van der Waals surface area contributed by atoms with Gasteiger partial charge in [-0.1, -0.05) is 0 Å². The number of carbonyl (C=O) groups is 1. The summed E-state index contributed by atoms with van der Waals surface area (Å²) in [7, 11) is 0. The molecule has 0 aromatic rings. The van der Waals surface area contributed by atoms with Crippen molar-refractivity contribution >= 4 is 5.97 Å². The van der Waals surface area contributed by atoms with Crippen LogP contribution in [0.25, 0.3) is 0 Å². The van der Waals surface area contributed by atoms with Crippen molar-refractivity contribution in [3.63, 3.8) is 0 Å². The summed E-state index contributed by atoms with van der Waals surface area (Å²) in [5.74, 6) is 0.890. The molecule has 0 aliphatic carbocycles. The van der Waals surface area contributed by atoms with E-state index in [1.54, 1.807) is 26.7 Å². The molecule has 0 atom stereocenters. The van der Waals surface area contributed by atoms with Crippen LogP contribution in [-0.2, 0) is 26.6 Å². The zero-order chi connectivity index (χ0) is 7.49. The quantitative estimate of drug-likeness (QED) is 0.245. The molecule has 0 rings (SSSR count). The molecule has 0 unspecified atom stereocenters. The second kappa shape index (κ2) is 4.38. The van der Waals surface area contributed by atoms with Crippen LogP contribution in [0.4, 0.5) is 0 Å². The van der Waals surface area contributed by atoms with E-state index in [1.807, 2.05) is 0 Å². The first-order chi connectivity index (χ1) is 3.95. The molecule has 0 fully saturated rings. The fourth-order valence-corrected chi connectivity index (χ4v) is 0.304. The summed E-state index contributed by atoms with van der Waals surface area (Å²) in [6.07, 6.45) is 6.36. The third-order valence-corrected chi connectivity index (χ3v) is 0.501. The van der Waals surface area contributed by atoms with E-state index in [4.69, 9.17) is 6.42 Å². The maximum atomic E-state index is 10.3. The maximum Gasteiger partial charge on any atom is 1.00 e. The van der Waals surface area contributed by atoms with Crippen LogP contribution in [0.3, 0.4) is 0 Å². The van der Waals surface area contributed by atoms with Gasteiger partial charge in [0.2, 0.25) is 5.97 Å². The van der Waals surface area contributed by atoms with E-state index in [0.29, 0.717) is 0 Å². The molecule has 0 aromatic heterocycles. The van der Waals surface area contributed by atoms with Crippen molar-refractivity contribution in [2.45, 2.75) is 26.4 Å². The minimum absolute atomic E-state index is 0. The predicted octanol–water partition coefficient (Wildman–Crippen LogP) is 0.915. The fraction of sp³-hybridized carbons (Fsp3) is 0.571. The summed E-state index contributed by atoms with van der Waals surface area (Å²) in [4.78, 5) is 10.3. The van der Waals surface area contributed by atoms with Gasteiger partial charge in [0.15, 0.2) is 0 Å². The van der Waals surface area contributed by atoms with Gasteiger partial charge >= 0.3 is 17.1 Å². The minimum atomic E-state index is -0.720. The molecule has 3 heteroatoms. The van der Waals surface area contributed by atoms with E-state index >= 15 is 0 Å². The number of esters is 1. The van der Waals surface area contributed by atoms with Crippen LogP contribution in [0.5, 0.6) is 0 Å². The summed E-state index contributed by atoms with van der Waals surface area (Å²) in [6.45, 7) is 5.22. The molecule has 60 valence electrons. The van der Waals surface area contributed by atoms with Gasteiger partial charge in [0.1, 0.15) is 0 Å². The second-order valence-corrected chi connectivity index (χ2v) is 2.63. The van der Waals surface area contributed by atoms with E-state index < -0.39 is 11.6 Å². The topological polar surface area (TPSA) is 26.3 Å². The Morgan fingerprint density at radius 2 is 1.90 bits per heavy atom. The third kappa shape index (κ3) is 7.55. The summed E-state index contributed by atoms with van der Waals surface area (Å²) in [5, 5.41) is 0. The summed E-state index contributed by atoms with van der Waals surface area (Å²) >= 11 is 0. The Bertz CT molecular complexity index is 150. The van der Waals surface area contributed by atoms with E-state index in [-0.39, 0.29) is 17.1 Å². The summed E-state index contributed by atoms with van der Waals surface area (Å²) in [6, 6.07) is 0. The van der Waals surface area contributed by atoms with Crippen LogP contribution in [0.1, 0.15) is 20.8 Å². The molecule has 0 spiro atoms. The molecule has 0 aromatic carbocycles. The van der Waals surface area contributed by atoms with Gasteiger partial charge in [-0.15, -0.1) is 0 Å². The van der Waals surface area contributed by atoms with E-state index in [1.165, 1.54) is 0 Å². The first-order valence-corrected chi connectivity index (χ1v) is 2.61. The van der Waals surface area contributed by atoms with Crippen LogP contribution in [0.2, 0.25) is 0 Å². The Labute approximate surface area is 71.8 Å². The average Bonchev–Trinajstić information content (AvgIpc) is 1.62. The zero-order valence-electron chi connectivity index (χ0n) is 6.12. The zero-order valence-corrected chi connectivity index (χ0v) is 7.06. The number of hydrogen-bond acceptors (Lipinski definition) is 2. The van der Waals surface area contributed by atoms with Crippen LogP contribution in [0, 0.1) is 12.3 Å². The first kappa shape index (κ1) is 12.2. The molecule has 0 aliphatic heterocycles. The normalized spacial score (nSPS) is 9.00. The van der Waals surface area contributed by atoms with Crippen molar-refractivity contribution in [1.29, 1.82) is 0 Å². The van der Waals surface area contributed by atoms with Crippen molar-refractivity contribution < 1.29 is 26.6 Å². The monoisotopic (exact) mass is 188 g/mol. The van der Waals surface area contributed by atoms with Gasteiger partial charge in [-0.05, 0) is 20.8 Å². The molecule has 0 saturated carbocycles. The number of carbonyl (C=O) groups excluding carboxylic acids is 1. The second-order valence-electron chi connectivity index (χ2n) is 2.63. The van der Waals surface area contributed by atoms with Gasteiger partial charge in [0.05, 0.1) is 5.60 Å². The fourth-order valence-electron chi connectivity index (χ4n) is 0.304. The van der Waals surface area contributed by atoms with Crippen molar-refractivity contribution in [2.75, 3.05) is 0 Å². The van der Waals surface area contributed by atoms with Crippen molar-refractivity contribution in [1.82, 2.24) is 0 Å². The Hall–Kier alpha value is -0.451. The smallest absolute Gasteiger partial charge is 0.537 e. The summed E-state index contributed by atoms with van der Waals surface area (Å²) in [5.41, 5.74) is -0.509. The molecular weight excluding hydrogens is 180 g/mol. The molecule has 0 bridgehead atoms. The molecular formula is C7H9CuO2. The van der Waals surface area contributed by atoms with Gasteiger partial charge in [0, 0.05) is 0 Å². The van der Waals surface area contributed by atoms with Crippen LogP contribution >= 0.6 is 0 Å². The van der Waals surface area contributed by atoms with Crippen LogP contribution in [-0.4, -0.2) is 11.6 Å². The molecule has 10 heavy (non-hydrogen) atoms. The molecule has 0 N–H and O–H groups in total. The van der Waals surface area contributed by atoms with Gasteiger partial charge in [0.25, 0.3) is 0 Å². The number of ether oxygens (including phenoxy) is 1. The third-order valence-electron chi connectivity index (χ3n) is 0.501. The van der Waals surface area contributed by atoms with Crippen LogP contribution in [0.15, 0.2) is 0 Å². The predicted molar refractivity (Wildman–Crippen MR) is 33.0 cm³/mol. The Morgan fingerprint density at radius 3 is 2.00 bits per heavy atom. The van der Waals surface area contributed by atoms with Crippen molar-refractivity contribution in [3.05, 3.63) is 6.42 Å². The number of hydrogen-bond donors (Lipinski definition) is 0. The Kier molecular flexibility index (Phi) is 5.36. The molecule has 0 radical (unpaired) electrons. The average molecular weight is 189 g/mol. The van der Waals surface area contributed by atoms with E-state index in [2.05, 4.69) is 4.74 Å². The molecule has 2 nitrogen and oxygen atoms in total. The van der Waals surface area contributed by atoms with Gasteiger partial charge in [-0.25, -0.2) is 5.92 Å². The molecule has 0 heterocycles. The van der Waals surface area contributed by atoms with Crippen molar-refractivity contribution in [3.8, 4) is 5.92 Å². The minimum Gasteiger partial charge on any atom is -0.537 e. The van der Waals surface area contributed by atoms with E-state index in [9.17, 15) is 4.79 Å². The van der Waals surface area contributed by atoms with Gasteiger partial charge < -0.3 is 16.0 Å². The number of rotatable bonds is 0. The first-order valence-electron chi connectivity index (χ1n) is 2.61. The van der Waals surface area contributed by atoms with Crippen LogP contribution < -0.4 is 0 Å². The molecule has 0 saturated heterocycles. The van der Waals surface area contributed by atoms with Gasteiger partial charge in [-0.2, -0.15) is 0 Å². The maximum absolute atomic E-state index is 10.3. The van der Waals surface area contributed by atoms with Gasteiger partial charge in [-0.3, -0.25) is 0 Å². The van der Waals surface area contributed by atoms with Crippen molar-refractivity contribution in [2.24, 2.45) is 0 Å².